The summed E-state index contributed by atoms with van der Waals surface area (Å²) < 4.78 is 10.5. The summed E-state index contributed by atoms with van der Waals surface area (Å²) in [6.45, 7) is 2.08. The van der Waals surface area contributed by atoms with Crippen LogP contribution >= 0.6 is 11.8 Å². The van der Waals surface area contributed by atoms with Crippen molar-refractivity contribution in [3.63, 3.8) is 0 Å². The number of amides is 1. The Morgan fingerprint density at radius 1 is 1.18 bits per heavy atom. The number of nitrogens with one attached hydrogen (secondary N) is 1. The van der Waals surface area contributed by atoms with Gasteiger partial charge in [0, 0.05) is 22.3 Å². The number of carbonyl (C=O) groups is 1. The fourth-order valence-corrected chi connectivity index (χ4v) is 2.89. The molecule has 1 aliphatic heterocycles. The molecule has 1 aliphatic rings. The van der Waals surface area contributed by atoms with Gasteiger partial charge in [0.15, 0.2) is 11.5 Å². The number of carbonyl (C=O) groups excluding carboxylic acids is 1. The van der Waals surface area contributed by atoms with Crippen LogP contribution in [0.3, 0.4) is 0 Å². The molecule has 114 valence electrons. The first-order valence-corrected chi connectivity index (χ1v) is 7.72. The van der Waals surface area contributed by atoms with Gasteiger partial charge in [-0.25, -0.2) is 0 Å². The summed E-state index contributed by atoms with van der Waals surface area (Å²) >= 11 is 1.48. The second-order valence-electron chi connectivity index (χ2n) is 4.89. The van der Waals surface area contributed by atoms with Crippen molar-refractivity contribution >= 4 is 29.0 Å². The second-order valence-corrected chi connectivity index (χ2v) is 6.30. The number of anilines is 2. The first-order valence-electron chi connectivity index (χ1n) is 6.84. The number of nitrogens with two attached hydrogens (primary N) is 1. The average molecular weight is 316 g/mol. The molecule has 1 heterocycles. The van der Waals surface area contributed by atoms with Gasteiger partial charge < -0.3 is 20.5 Å². The first-order chi connectivity index (χ1) is 10.6. The molecule has 1 unspecified atom stereocenters. The fourth-order valence-electron chi connectivity index (χ4n) is 2.02. The highest BCUT2D eigenvalue weighted by atomic mass is 32.2. The molecule has 2 aromatic carbocycles. The lowest BCUT2D eigenvalue weighted by atomic mass is 10.2. The van der Waals surface area contributed by atoms with Gasteiger partial charge >= 0.3 is 0 Å². The van der Waals surface area contributed by atoms with Crippen molar-refractivity contribution in [1.82, 2.24) is 0 Å². The standard InChI is InChI=1S/C16H16N2O3S/c1-10(22-13-5-2-11(17)3-6-13)16(19)18-12-4-7-14-15(8-12)21-9-20-14/h2-8,10H,9,17H2,1H3,(H,18,19). The maximum absolute atomic E-state index is 12.3. The molecular weight excluding hydrogens is 300 g/mol. The second kappa shape index (κ2) is 6.19. The van der Waals surface area contributed by atoms with Crippen LogP contribution in [0.15, 0.2) is 47.4 Å². The highest BCUT2D eigenvalue weighted by Crippen LogP contribution is 2.34. The summed E-state index contributed by atoms with van der Waals surface area (Å²) in [6, 6.07) is 12.8. The number of ether oxygens (including phenoxy) is 2. The Morgan fingerprint density at radius 3 is 2.68 bits per heavy atom. The van der Waals surface area contributed by atoms with Crippen LogP contribution in [0.25, 0.3) is 0 Å². The first kappa shape index (κ1) is 14.6. The highest BCUT2D eigenvalue weighted by Gasteiger charge is 2.17. The van der Waals surface area contributed by atoms with Crippen molar-refractivity contribution in [1.29, 1.82) is 0 Å². The summed E-state index contributed by atoms with van der Waals surface area (Å²) in [4.78, 5) is 13.3. The SMILES string of the molecule is CC(Sc1ccc(N)cc1)C(=O)Nc1ccc2c(c1)OCO2. The van der Waals surface area contributed by atoms with E-state index in [1.165, 1.54) is 11.8 Å². The van der Waals surface area contributed by atoms with Gasteiger partial charge in [0.05, 0.1) is 5.25 Å². The Balaban J connectivity index is 1.62. The molecule has 0 bridgehead atoms. The molecule has 22 heavy (non-hydrogen) atoms. The van der Waals surface area contributed by atoms with Gasteiger partial charge in [-0.1, -0.05) is 0 Å². The van der Waals surface area contributed by atoms with Crippen LogP contribution in [0.2, 0.25) is 0 Å². The summed E-state index contributed by atoms with van der Waals surface area (Å²) in [5.41, 5.74) is 7.06. The predicted octanol–water partition coefficient (Wildman–Crippen LogP) is 3.12. The molecule has 3 rings (SSSR count). The van der Waals surface area contributed by atoms with Gasteiger partial charge in [0.1, 0.15) is 0 Å². The third-order valence-electron chi connectivity index (χ3n) is 3.20. The maximum Gasteiger partial charge on any atom is 0.237 e. The zero-order valence-electron chi connectivity index (χ0n) is 12.0. The minimum absolute atomic E-state index is 0.0688. The van der Waals surface area contributed by atoms with Gasteiger partial charge in [-0.15, -0.1) is 11.8 Å². The van der Waals surface area contributed by atoms with Crippen molar-refractivity contribution < 1.29 is 14.3 Å². The van der Waals surface area contributed by atoms with E-state index in [2.05, 4.69) is 5.32 Å². The van der Waals surface area contributed by atoms with Gasteiger partial charge in [0.2, 0.25) is 12.7 Å². The third kappa shape index (κ3) is 3.28. The maximum atomic E-state index is 12.3. The Bertz CT molecular complexity index is 688. The smallest absolute Gasteiger partial charge is 0.237 e. The third-order valence-corrected chi connectivity index (χ3v) is 4.31. The summed E-state index contributed by atoms with van der Waals surface area (Å²) in [6.07, 6.45) is 0. The molecule has 0 aliphatic carbocycles. The molecule has 1 amide bonds. The van der Waals surface area contributed by atoms with Crippen LogP contribution in [0.1, 0.15) is 6.92 Å². The Kier molecular flexibility index (Phi) is 4.11. The number of fused-ring (bicyclic) bond motifs is 1. The van der Waals surface area contributed by atoms with Crippen LogP contribution < -0.4 is 20.5 Å². The van der Waals surface area contributed by atoms with Crippen LogP contribution in [-0.2, 0) is 4.79 Å². The van der Waals surface area contributed by atoms with E-state index in [0.29, 0.717) is 22.9 Å². The lowest BCUT2D eigenvalue weighted by Gasteiger charge is -2.12. The van der Waals surface area contributed by atoms with Gasteiger partial charge in [-0.05, 0) is 43.3 Å². The fraction of sp³-hybridized carbons (Fsp3) is 0.188. The lowest BCUT2D eigenvalue weighted by Crippen LogP contribution is -2.22. The van der Waals surface area contributed by atoms with Gasteiger partial charge in [-0.2, -0.15) is 0 Å². The Morgan fingerprint density at radius 2 is 1.91 bits per heavy atom. The molecular formula is C16H16N2O3S. The van der Waals surface area contributed by atoms with E-state index in [4.69, 9.17) is 15.2 Å². The zero-order valence-corrected chi connectivity index (χ0v) is 12.9. The number of nitrogen functional groups attached to an aromatic ring is 1. The van der Waals surface area contributed by atoms with Crippen molar-refractivity contribution in [2.24, 2.45) is 0 Å². The van der Waals surface area contributed by atoms with Gasteiger partial charge in [0.25, 0.3) is 0 Å². The number of hydrogen-bond acceptors (Lipinski definition) is 5. The van der Waals surface area contributed by atoms with Crippen molar-refractivity contribution in [3.05, 3.63) is 42.5 Å². The molecule has 6 heteroatoms. The molecule has 5 nitrogen and oxygen atoms in total. The van der Waals surface area contributed by atoms with Crippen LogP contribution in [0.5, 0.6) is 11.5 Å². The van der Waals surface area contributed by atoms with Gasteiger partial charge in [-0.3, -0.25) is 4.79 Å². The zero-order chi connectivity index (χ0) is 15.5. The number of hydrogen-bond donors (Lipinski definition) is 2. The van der Waals surface area contributed by atoms with E-state index in [1.807, 2.05) is 31.2 Å². The molecule has 0 saturated carbocycles. The van der Waals surface area contributed by atoms with E-state index in [-0.39, 0.29) is 18.0 Å². The van der Waals surface area contributed by atoms with Crippen LogP contribution in [0, 0.1) is 0 Å². The molecule has 0 fully saturated rings. The van der Waals surface area contributed by atoms with E-state index >= 15 is 0 Å². The minimum atomic E-state index is -0.228. The van der Waals surface area contributed by atoms with Crippen molar-refractivity contribution in [2.75, 3.05) is 17.8 Å². The quantitative estimate of drug-likeness (QED) is 0.670. The lowest BCUT2D eigenvalue weighted by molar-refractivity contribution is -0.115. The average Bonchev–Trinajstić information content (AvgIpc) is 2.97. The summed E-state index contributed by atoms with van der Waals surface area (Å²) in [7, 11) is 0. The van der Waals surface area contributed by atoms with E-state index < -0.39 is 0 Å². The highest BCUT2D eigenvalue weighted by molar-refractivity contribution is 8.00. The Labute approximate surface area is 132 Å². The number of benzene rings is 2. The number of thioether (sulfide) groups is 1. The van der Waals surface area contributed by atoms with Crippen molar-refractivity contribution in [3.8, 4) is 11.5 Å². The van der Waals surface area contributed by atoms with E-state index in [1.54, 1.807) is 18.2 Å². The predicted molar refractivity (Wildman–Crippen MR) is 87.4 cm³/mol. The molecule has 0 radical (unpaired) electrons. The molecule has 2 aromatic rings. The Hall–Kier alpha value is -2.34. The number of rotatable bonds is 4. The molecule has 0 spiro atoms. The largest absolute Gasteiger partial charge is 0.454 e. The monoisotopic (exact) mass is 316 g/mol. The minimum Gasteiger partial charge on any atom is -0.454 e. The summed E-state index contributed by atoms with van der Waals surface area (Å²) in [5.74, 6) is 1.28. The van der Waals surface area contributed by atoms with E-state index in [9.17, 15) is 4.79 Å². The molecule has 0 aromatic heterocycles. The van der Waals surface area contributed by atoms with Crippen molar-refractivity contribution in [2.45, 2.75) is 17.1 Å². The topological polar surface area (TPSA) is 73.6 Å². The summed E-state index contributed by atoms with van der Waals surface area (Å²) in [5, 5.41) is 2.66. The normalized spacial score (nSPS) is 13.7. The molecule has 0 saturated heterocycles. The molecule has 1 atom stereocenters. The van der Waals surface area contributed by atoms with Crippen LogP contribution in [-0.4, -0.2) is 18.0 Å². The molecule has 3 N–H and O–H groups in total. The van der Waals surface area contributed by atoms with E-state index in [0.717, 1.165) is 4.90 Å². The van der Waals surface area contributed by atoms with Crippen LogP contribution in [0.4, 0.5) is 11.4 Å².